The van der Waals surface area contributed by atoms with Crippen LogP contribution in [0.2, 0.25) is 0 Å². The van der Waals surface area contributed by atoms with E-state index in [9.17, 15) is 9.59 Å². The lowest BCUT2D eigenvalue weighted by Crippen LogP contribution is -2.56. The van der Waals surface area contributed by atoms with Gasteiger partial charge in [0.25, 0.3) is 0 Å². The number of rotatable bonds is 8. The number of benzene rings is 1. The minimum Gasteiger partial charge on any atom is -0.496 e. The summed E-state index contributed by atoms with van der Waals surface area (Å²) in [5.41, 5.74) is 2.07. The number of amides is 2. The summed E-state index contributed by atoms with van der Waals surface area (Å²) in [5, 5.41) is 5.77. The normalized spacial score (nSPS) is 17.0. The van der Waals surface area contributed by atoms with E-state index in [2.05, 4.69) is 15.6 Å². The highest BCUT2D eigenvalue weighted by molar-refractivity contribution is 5.88. The van der Waals surface area contributed by atoms with Crippen molar-refractivity contribution < 1.29 is 14.3 Å². The highest BCUT2D eigenvalue weighted by atomic mass is 16.5. The van der Waals surface area contributed by atoms with Crippen LogP contribution in [0, 0.1) is 0 Å². The molecule has 3 rings (SSSR count). The molecule has 7 nitrogen and oxygen atoms in total. The molecule has 2 N–H and O–H groups in total. The number of piperazine rings is 1. The average molecular weight is 382 g/mol. The molecule has 2 amide bonds. The van der Waals surface area contributed by atoms with Gasteiger partial charge in [0.1, 0.15) is 5.75 Å². The predicted molar refractivity (Wildman–Crippen MR) is 106 cm³/mol. The van der Waals surface area contributed by atoms with Gasteiger partial charge >= 0.3 is 0 Å². The van der Waals surface area contributed by atoms with Crippen LogP contribution in [0.15, 0.2) is 48.8 Å². The molecule has 1 atom stereocenters. The number of methoxy groups -OCH3 is 1. The zero-order valence-corrected chi connectivity index (χ0v) is 16.1. The Morgan fingerprint density at radius 2 is 2.18 bits per heavy atom. The summed E-state index contributed by atoms with van der Waals surface area (Å²) in [6, 6.07) is 11.1. The number of aromatic nitrogens is 1. The SMILES string of the molecule is COc1ccccc1CN1CCNC(=O)[C@@H]1CC(=O)NCCc1cccnc1. The molecule has 7 heteroatoms. The third-order valence-electron chi connectivity index (χ3n) is 4.85. The summed E-state index contributed by atoms with van der Waals surface area (Å²) in [4.78, 5) is 30.9. The van der Waals surface area contributed by atoms with Gasteiger partial charge in [-0.25, -0.2) is 0 Å². The van der Waals surface area contributed by atoms with Crippen LogP contribution in [0.5, 0.6) is 5.75 Å². The van der Waals surface area contributed by atoms with Crippen molar-refractivity contribution in [2.45, 2.75) is 25.4 Å². The second-order valence-corrected chi connectivity index (χ2v) is 6.75. The van der Waals surface area contributed by atoms with Crippen molar-refractivity contribution in [1.29, 1.82) is 0 Å². The molecule has 1 aliphatic rings. The predicted octanol–water partition coefficient (Wildman–Crippen LogP) is 1.14. The van der Waals surface area contributed by atoms with Gasteiger partial charge in [-0.15, -0.1) is 0 Å². The van der Waals surface area contributed by atoms with Crippen LogP contribution >= 0.6 is 0 Å². The maximum absolute atomic E-state index is 12.4. The summed E-state index contributed by atoms with van der Waals surface area (Å²) >= 11 is 0. The molecule has 2 heterocycles. The zero-order valence-electron chi connectivity index (χ0n) is 16.1. The molecule has 0 unspecified atom stereocenters. The molecule has 1 aromatic heterocycles. The Morgan fingerprint density at radius 1 is 1.32 bits per heavy atom. The highest BCUT2D eigenvalue weighted by Gasteiger charge is 2.31. The summed E-state index contributed by atoms with van der Waals surface area (Å²) in [5.74, 6) is 0.549. The number of pyridine rings is 1. The van der Waals surface area contributed by atoms with Gasteiger partial charge in [0, 0.05) is 44.1 Å². The number of hydrogen-bond acceptors (Lipinski definition) is 5. The molecular weight excluding hydrogens is 356 g/mol. The van der Waals surface area contributed by atoms with Crippen LogP contribution in [0.25, 0.3) is 0 Å². The monoisotopic (exact) mass is 382 g/mol. The third kappa shape index (κ3) is 5.29. The largest absolute Gasteiger partial charge is 0.496 e. The number of nitrogens with one attached hydrogen (secondary N) is 2. The first-order chi connectivity index (χ1) is 13.7. The van der Waals surface area contributed by atoms with Crippen molar-refractivity contribution in [1.82, 2.24) is 20.5 Å². The molecule has 0 radical (unpaired) electrons. The molecule has 0 bridgehead atoms. The Bertz CT molecular complexity index is 797. The van der Waals surface area contributed by atoms with E-state index in [0.29, 0.717) is 32.6 Å². The Balaban J connectivity index is 1.57. The lowest BCUT2D eigenvalue weighted by molar-refractivity contribution is -0.134. The fourth-order valence-electron chi connectivity index (χ4n) is 3.37. The van der Waals surface area contributed by atoms with Gasteiger partial charge in [-0.2, -0.15) is 0 Å². The van der Waals surface area contributed by atoms with E-state index >= 15 is 0 Å². The van der Waals surface area contributed by atoms with Crippen LogP contribution in [0.3, 0.4) is 0 Å². The van der Waals surface area contributed by atoms with Gasteiger partial charge in [0.15, 0.2) is 0 Å². The van der Waals surface area contributed by atoms with Crippen molar-refractivity contribution in [2.75, 3.05) is 26.7 Å². The number of hydrogen-bond donors (Lipinski definition) is 2. The second kappa shape index (κ2) is 9.85. The van der Waals surface area contributed by atoms with Gasteiger partial charge in [0.05, 0.1) is 19.6 Å². The lowest BCUT2D eigenvalue weighted by Gasteiger charge is -2.35. The van der Waals surface area contributed by atoms with Crippen molar-refractivity contribution in [3.8, 4) is 5.75 Å². The standard InChI is InChI=1S/C21H26N4O3/c1-28-19-7-3-2-6-17(19)15-25-12-11-24-21(27)18(25)13-20(26)23-10-8-16-5-4-9-22-14-16/h2-7,9,14,18H,8,10-13,15H2,1H3,(H,23,26)(H,24,27)/t18-/m0/s1. The van der Waals surface area contributed by atoms with E-state index in [1.807, 2.05) is 41.3 Å². The van der Waals surface area contributed by atoms with Crippen molar-refractivity contribution in [2.24, 2.45) is 0 Å². The summed E-state index contributed by atoms with van der Waals surface area (Å²) in [6.45, 7) is 2.35. The number of nitrogens with zero attached hydrogens (tertiary/aromatic N) is 2. The number of para-hydroxylation sites is 1. The van der Waals surface area contributed by atoms with Crippen molar-refractivity contribution >= 4 is 11.8 Å². The first kappa shape index (κ1) is 19.8. The Kier molecular flexibility index (Phi) is 6.97. The van der Waals surface area contributed by atoms with Crippen molar-refractivity contribution in [3.63, 3.8) is 0 Å². The van der Waals surface area contributed by atoms with Gasteiger partial charge in [0.2, 0.25) is 11.8 Å². The van der Waals surface area contributed by atoms with Crippen LogP contribution < -0.4 is 15.4 Å². The van der Waals surface area contributed by atoms with Crippen molar-refractivity contribution in [3.05, 3.63) is 59.9 Å². The molecule has 0 saturated carbocycles. The second-order valence-electron chi connectivity index (χ2n) is 6.75. The molecular formula is C21H26N4O3. The fraction of sp³-hybridized carbons (Fsp3) is 0.381. The molecule has 2 aromatic rings. The molecule has 0 aliphatic carbocycles. The Labute approximate surface area is 165 Å². The molecule has 1 aromatic carbocycles. The van der Waals surface area contributed by atoms with E-state index in [1.165, 1.54) is 0 Å². The molecule has 148 valence electrons. The van der Waals surface area contributed by atoms with E-state index < -0.39 is 6.04 Å². The highest BCUT2D eigenvalue weighted by Crippen LogP contribution is 2.21. The van der Waals surface area contributed by atoms with Gasteiger partial charge in [-0.3, -0.25) is 19.5 Å². The van der Waals surface area contributed by atoms with Crippen LogP contribution in [-0.2, 0) is 22.6 Å². The van der Waals surface area contributed by atoms with Crippen LogP contribution in [0.4, 0.5) is 0 Å². The first-order valence-corrected chi connectivity index (χ1v) is 9.46. The minimum atomic E-state index is -0.489. The molecule has 1 fully saturated rings. The number of carbonyl (C=O) groups excluding carboxylic acids is 2. The summed E-state index contributed by atoms with van der Waals surface area (Å²) in [6.07, 6.45) is 4.35. The smallest absolute Gasteiger partial charge is 0.237 e. The van der Waals surface area contributed by atoms with Gasteiger partial charge < -0.3 is 15.4 Å². The van der Waals surface area contributed by atoms with E-state index in [1.54, 1.807) is 19.5 Å². The first-order valence-electron chi connectivity index (χ1n) is 9.46. The lowest BCUT2D eigenvalue weighted by atomic mass is 10.1. The maximum Gasteiger partial charge on any atom is 0.237 e. The molecule has 28 heavy (non-hydrogen) atoms. The number of carbonyl (C=O) groups is 2. The van der Waals surface area contributed by atoms with Gasteiger partial charge in [-0.05, 0) is 24.1 Å². The summed E-state index contributed by atoms with van der Waals surface area (Å²) < 4.78 is 5.41. The minimum absolute atomic E-state index is 0.108. The van der Waals surface area contributed by atoms with E-state index in [-0.39, 0.29) is 18.2 Å². The third-order valence-corrected chi connectivity index (χ3v) is 4.85. The molecule has 0 spiro atoms. The van der Waals surface area contributed by atoms with Crippen LogP contribution in [-0.4, -0.2) is 54.5 Å². The maximum atomic E-state index is 12.4. The Morgan fingerprint density at radius 3 is 2.96 bits per heavy atom. The fourth-order valence-corrected chi connectivity index (χ4v) is 3.37. The molecule has 1 saturated heterocycles. The Hall–Kier alpha value is -2.93. The van der Waals surface area contributed by atoms with E-state index in [0.717, 1.165) is 16.9 Å². The summed E-state index contributed by atoms with van der Waals surface area (Å²) in [7, 11) is 1.63. The van der Waals surface area contributed by atoms with Crippen LogP contribution in [0.1, 0.15) is 17.5 Å². The average Bonchev–Trinajstić information content (AvgIpc) is 2.72. The topological polar surface area (TPSA) is 83.6 Å². The van der Waals surface area contributed by atoms with Gasteiger partial charge in [-0.1, -0.05) is 24.3 Å². The quantitative estimate of drug-likeness (QED) is 0.715. The van der Waals surface area contributed by atoms with E-state index in [4.69, 9.17) is 4.74 Å². The molecule has 1 aliphatic heterocycles. The number of ether oxygens (including phenoxy) is 1. The zero-order chi connectivity index (χ0) is 19.8.